The first kappa shape index (κ1) is 11.1. The Morgan fingerprint density at radius 2 is 2.29 bits per heavy atom. The highest BCUT2D eigenvalue weighted by Crippen LogP contribution is 2.16. The molecule has 0 aliphatic heterocycles. The van der Waals surface area contributed by atoms with Crippen molar-refractivity contribution in [2.75, 3.05) is 7.05 Å². The van der Waals surface area contributed by atoms with Crippen molar-refractivity contribution in [1.82, 2.24) is 15.6 Å². The quantitative estimate of drug-likeness (QED) is 0.782. The van der Waals surface area contributed by atoms with Crippen molar-refractivity contribution in [1.29, 1.82) is 0 Å². The Bertz CT molecular complexity index is 286. The van der Waals surface area contributed by atoms with E-state index >= 15 is 0 Å². The lowest BCUT2D eigenvalue weighted by Crippen LogP contribution is -2.41. The van der Waals surface area contributed by atoms with Crippen LogP contribution in [0.4, 0.5) is 0 Å². The molecule has 1 unspecified atom stereocenters. The van der Waals surface area contributed by atoms with Crippen LogP contribution in [0.15, 0.2) is 11.7 Å². The summed E-state index contributed by atoms with van der Waals surface area (Å²) in [6.45, 7) is 3.86. The number of carbonyl (C=O) groups excluding carboxylic acids is 1. The first-order valence-electron chi connectivity index (χ1n) is 4.51. The smallest absolute Gasteiger partial charge is 0.236 e. The molecule has 1 amide bonds. The maximum Gasteiger partial charge on any atom is 0.236 e. The van der Waals surface area contributed by atoms with Gasteiger partial charge in [-0.25, -0.2) is 0 Å². The second-order valence-electron chi connectivity index (χ2n) is 3.13. The number of hydrogen-bond acceptors (Lipinski definition) is 4. The first-order valence-corrected chi connectivity index (χ1v) is 5.39. The average molecular weight is 213 g/mol. The predicted octanol–water partition coefficient (Wildman–Crippen LogP) is 0.928. The van der Waals surface area contributed by atoms with E-state index in [-0.39, 0.29) is 18.0 Å². The summed E-state index contributed by atoms with van der Waals surface area (Å²) >= 11 is 1.59. The maximum atomic E-state index is 11.2. The van der Waals surface area contributed by atoms with E-state index in [4.69, 9.17) is 0 Å². The second kappa shape index (κ2) is 5.07. The van der Waals surface area contributed by atoms with Crippen LogP contribution in [-0.2, 0) is 4.79 Å². The molecule has 2 N–H and O–H groups in total. The van der Waals surface area contributed by atoms with Gasteiger partial charge in [0.05, 0.1) is 11.6 Å². The molecule has 1 aromatic heterocycles. The van der Waals surface area contributed by atoms with E-state index in [0.29, 0.717) is 0 Å². The largest absolute Gasteiger partial charge is 0.358 e. The van der Waals surface area contributed by atoms with Crippen molar-refractivity contribution < 1.29 is 4.79 Å². The molecule has 5 heteroatoms. The number of amides is 1. The fourth-order valence-corrected chi connectivity index (χ4v) is 1.83. The van der Waals surface area contributed by atoms with Gasteiger partial charge < -0.3 is 5.32 Å². The zero-order valence-electron chi connectivity index (χ0n) is 8.57. The number of aromatic nitrogens is 1. The van der Waals surface area contributed by atoms with Gasteiger partial charge in [0, 0.05) is 24.2 Å². The third kappa shape index (κ3) is 2.78. The minimum Gasteiger partial charge on any atom is -0.358 e. The molecule has 14 heavy (non-hydrogen) atoms. The Morgan fingerprint density at radius 1 is 1.57 bits per heavy atom. The zero-order valence-corrected chi connectivity index (χ0v) is 9.39. The van der Waals surface area contributed by atoms with Gasteiger partial charge >= 0.3 is 0 Å². The SMILES string of the molecule is CNC(=O)[C@@H](C)NC(C)c1cncs1. The molecular formula is C9H15N3OS. The van der Waals surface area contributed by atoms with E-state index in [1.807, 2.05) is 20.0 Å². The minimum absolute atomic E-state index is 0.00126. The Hall–Kier alpha value is -0.940. The molecule has 0 aromatic carbocycles. The summed E-state index contributed by atoms with van der Waals surface area (Å²) in [4.78, 5) is 16.4. The van der Waals surface area contributed by atoms with Crippen LogP contribution in [-0.4, -0.2) is 24.0 Å². The monoisotopic (exact) mass is 213 g/mol. The summed E-state index contributed by atoms with van der Waals surface area (Å²) in [5.74, 6) is 0.00126. The van der Waals surface area contributed by atoms with Gasteiger partial charge in [0.15, 0.2) is 0 Å². The molecule has 4 nitrogen and oxygen atoms in total. The van der Waals surface area contributed by atoms with Gasteiger partial charge in [-0.15, -0.1) is 11.3 Å². The van der Waals surface area contributed by atoms with E-state index in [1.54, 1.807) is 23.9 Å². The van der Waals surface area contributed by atoms with Crippen LogP contribution in [0, 0.1) is 0 Å². The fourth-order valence-electron chi connectivity index (χ4n) is 1.19. The summed E-state index contributed by atoms with van der Waals surface area (Å²) < 4.78 is 0. The molecule has 78 valence electrons. The summed E-state index contributed by atoms with van der Waals surface area (Å²) in [6, 6.07) is -0.0214. The minimum atomic E-state index is -0.183. The molecule has 0 fully saturated rings. The number of nitrogens with zero attached hydrogens (tertiary/aromatic N) is 1. The molecule has 0 aliphatic carbocycles. The summed E-state index contributed by atoms with van der Waals surface area (Å²) in [7, 11) is 1.64. The maximum absolute atomic E-state index is 11.2. The Balaban J connectivity index is 2.49. The molecular weight excluding hydrogens is 198 g/mol. The van der Waals surface area contributed by atoms with Crippen molar-refractivity contribution in [2.24, 2.45) is 0 Å². The number of likely N-dealkylation sites (N-methyl/N-ethyl adjacent to an activating group) is 1. The Labute approximate surface area is 87.7 Å². The van der Waals surface area contributed by atoms with E-state index in [1.165, 1.54) is 0 Å². The third-order valence-corrected chi connectivity index (χ3v) is 2.98. The second-order valence-corrected chi connectivity index (χ2v) is 4.05. The van der Waals surface area contributed by atoms with Gasteiger partial charge in [-0.2, -0.15) is 0 Å². The zero-order chi connectivity index (χ0) is 10.6. The van der Waals surface area contributed by atoms with Crippen molar-refractivity contribution in [3.8, 4) is 0 Å². The lowest BCUT2D eigenvalue weighted by atomic mass is 10.2. The number of carbonyl (C=O) groups is 1. The highest BCUT2D eigenvalue weighted by atomic mass is 32.1. The molecule has 2 atom stereocenters. The van der Waals surface area contributed by atoms with Crippen molar-refractivity contribution >= 4 is 17.2 Å². The molecule has 1 rings (SSSR count). The normalized spacial score (nSPS) is 14.8. The van der Waals surface area contributed by atoms with Gasteiger partial charge in [-0.3, -0.25) is 15.1 Å². The predicted molar refractivity (Wildman–Crippen MR) is 57.2 cm³/mol. The molecule has 0 bridgehead atoms. The van der Waals surface area contributed by atoms with E-state index in [0.717, 1.165) is 4.88 Å². The highest BCUT2D eigenvalue weighted by Gasteiger charge is 2.15. The summed E-state index contributed by atoms with van der Waals surface area (Å²) in [5.41, 5.74) is 1.79. The molecule has 0 saturated carbocycles. The molecule has 0 aliphatic rings. The number of thiazole rings is 1. The molecule has 1 heterocycles. The van der Waals surface area contributed by atoms with Crippen LogP contribution in [0.5, 0.6) is 0 Å². The van der Waals surface area contributed by atoms with Crippen LogP contribution in [0.25, 0.3) is 0 Å². The Kier molecular flexibility index (Phi) is 4.03. The average Bonchev–Trinajstić information content (AvgIpc) is 2.69. The molecule has 1 aromatic rings. The van der Waals surface area contributed by atoms with Gasteiger partial charge in [-0.1, -0.05) is 0 Å². The van der Waals surface area contributed by atoms with Crippen molar-refractivity contribution in [3.05, 3.63) is 16.6 Å². The number of hydrogen-bond donors (Lipinski definition) is 2. The lowest BCUT2D eigenvalue weighted by Gasteiger charge is -2.17. The van der Waals surface area contributed by atoms with Crippen LogP contribution in [0.1, 0.15) is 24.8 Å². The van der Waals surface area contributed by atoms with Gasteiger partial charge in [-0.05, 0) is 13.8 Å². The standard InChI is InChI=1S/C9H15N3OS/c1-6(8-4-11-5-14-8)12-7(2)9(13)10-3/h4-7,12H,1-3H3,(H,10,13)/t6?,7-/m1/s1. The van der Waals surface area contributed by atoms with Crippen LogP contribution in [0.3, 0.4) is 0 Å². The van der Waals surface area contributed by atoms with Gasteiger partial charge in [0.25, 0.3) is 0 Å². The lowest BCUT2D eigenvalue weighted by molar-refractivity contribution is -0.122. The number of rotatable bonds is 4. The first-order chi connectivity index (χ1) is 6.65. The van der Waals surface area contributed by atoms with Crippen molar-refractivity contribution in [3.63, 3.8) is 0 Å². The summed E-state index contributed by atoms with van der Waals surface area (Å²) in [6.07, 6.45) is 1.82. The van der Waals surface area contributed by atoms with Gasteiger partial charge in [0.1, 0.15) is 0 Å². The van der Waals surface area contributed by atoms with E-state index < -0.39 is 0 Å². The fraction of sp³-hybridized carbons (Fsp3) is 0.556. The highest BCUT2D eigenvalue weighted by molar-refractivity contribution is 7.09. The number of nitrogens with one attached hydrogen (secondary N) is 2. The van der Waals surface area contributed by atoms with Gasteiger partial charge in [0.2, 0.25) is 5.91 Å². The summed E-state index contributed by atoms with van der Waals surface area (Å²) in [5, 5.41) is 5.79. The molecule has 0 radical (unpaired) electrons. The third-order valence-electron chi connectivity index (χ3n) is 2.02. The Morgan fingerprint density at radius 3 is 2.79 bits per heavy atom. The van der Waals surface area contributed by atoms with E-state index in [2.05, 4.69) is 15.6 Å². The van der Waals surface area contributed by atoms with Crippen molar-refractivity contribution in [2.45, 2.75) is 25.9 Å². The van der Waals surface area contributed by atoms with Crippen LogP contribution < -0.4 is 10.6 Å². The van der Waals surface area contributed by atoms with Crippen LogP contribution in [0.2, 0.25) is 0 Å². The molecule has 0 spiro atoms. The van der Waals surface area contributed by atoms with Crippen LogP contribution >= 0.6 is 11.3 Å². The topological polar surface area (TPSA) is 54.0 Å². The molecule has 0 saturated heterocycles. The van der Waals surface area contributed by atoms with E-state index in [9.17, 15) is 4.79 Å².